The fourth-order valence-corrected chi connectivity index (χ4v) is 4.71. The van der Waals surface area contributed by atoms with Crippen LogP contribution in [0.3, 0.4) is 0 Å². The summed E-state index contributed by atoms with van der Waals surface area (Å²) in [4.78, 5) is 25.6. The Morgan fingerprint density at radius 1 is 0.921 bits per heavy atom. The van der Waals surface area contributed by atoms with Crippen LogP contribution in [-0.4, -0.2) is 30.3 Å². The second kappa shape index (κ2) is 10.0. The van der Waals surface area contributed by atoms with Crippen molar-refractivity contribution in [1.82, 2.24) is 0 Å². The zero-order chi connectivity index (χ0) is 28.8. The van der Waals surface area contributed by atoms with Gasteiger partial charge in [-0.2, -0.15) is 39.5 Å². The molecule has 0 aliphatic carbocycles. The summed E-state index contributed by atoms with van der Waals surface area (Å²) in [6.45, 7) is 1.53. The lowest BCUT2D eigenvalue weighted by molar-refractivity contribution is -0.146. The SMILES string of the molecule is CC[C@@H]1C[C@@H]([C@@H](C(=O)OC)c2cc(C(F)(F)F)cc(C(F)(F)F)c2)c2cc(C(F)(F)F)ccc2N1C(=O)O. The van der Waals surface area contributed by atoms with Crippen molar-refractivity contribution in [3.63, 3.8) is 0 Å². The van der Waals surface area contributed by atoms with Gasteiger partial charge in [0.2, 0.25) is 0 Å². The molecule has 0 saturated heterocycles. The number of methoxy groups -OCH3 is 1. The van der Waals surface area contributed by atoms with E-state index in [1.165, 1.54) is 6.92 Å². The van der Waals surface area contributed by atoms with E-state index in [0.29, 0.717) is 24.3 Å². The number of benzene rings is 2. The van der Waals surface area contributed by atoms with Crippen LogP contribution in [0.4, 0.5) is 50.0 Å². The molecule has 0 unspecified atom stereocenters. The van der Waals surface area contributed by atoms with Gasteiger partial charge in [0.05, 0.1) is 35.4 Å². The number of anilines is 1. The van der Waals surface area contributed by atoms with Gasteiger partial charge in [-0.05, 0) is 60.4 Å². The molecule has 1 aliphatic rings. The summed E-state index contributed by atoms with van der Waals surface area (Å²) in [5, 5.41) is 9.73. The van der Waals surface area contributed by atoms with E-state index in [9.17, 15) is 54.2 Å². The third-order valence-electron chi connectivity index (χ3n) is 6.41. The van der Waals surface area contributed by atoms with E-state index < -0.39 is 70.7 Å². The maximum atomic E-state index is 13.5. The Morgan fingerprint density at radius 3 is 1.87 bits per heavy atom. The van der Waals surface area contributed by atoms with Crippen molar-refractivity contribution >= 4 is 17.7 Å². The summed E-state index contributed by atoms with van der Waals surface area (Å²) in [5.74, 6) is -4.68. The molecule has 1 amide bonds. The monoisotopic (exact) mass is 557 g/mol. The number of esters is 1. The van der Waals surface area contributed by atoms with E-state index >= 15 is 0 Å². The number of halogens is 9. The second-order valence-electron chi connectivity index (χ2n) is 8.67. The Morgan fingerprint density at radius 2 is 1.45 bits per heavy atom. The van der Waals surface area contributed by atoms with E-state index in [4.69, 9.17) is 0 Å². The highest BCUT2D eigenvalue weighted by atomic mass is 19.4. The predicted octanol–water partition coefficient (Wildman–Crippen LogP) is 7.45. The number of carbonyl (C=O) groups is 2. The van der Waals surface area contributed by atoms with Gasteiger partial charge in [-0.15, -0.1) is 0 Å². The summed E-state index contributed by atoms with van der Waals surface area (Å²) < 4.78 is 126. The quantitative estimate of drug-likeness (QED) is 0.313. The summed E-state index contributed by atoms with van der Waals surface area (Å²) >= 11 is 0. The van der Waals surface area contributed by atoms with Crippen molar-refractivity contribution in [2.75, 3.05) is 12.0 Å². The number of fused-ring (bicyclic) bond motifs is 1. The van der Waals surface area contributed by atoms with Gasteiger partial charge in [0.15, 0.2) is 0 Å². The number of carbonyl (C=O) groups excluding carboxylic acids is 1. The number of carboxylic acid groups (broad SMARTS) is 1. The zero-order valence-corrected chi connectivity index (χ0v) is 19.6. The molecule has 2 aromatic rings. The van der Waals surface area contributed by atoms with Gasteiger partial charge in [-0.3, -0.25) is 9.69 Å². The molecule has 38 heavy (non-hydrogen) atoms. The molecule has 14 heteroatoms. The largest absolute Gasteiger partial charge is 0.469 e. The molecule has 3 atom stereocenters. The molecule has 0 fully saturated rings. The number of alkyl halides is 9. The number of ether oxygens (including phenoxy) is 1. The second-order valence-corrected chi connectivity index (χ2v) is 8.67. The van der Waals surface area contributed by atoms with E-state index in [1.54, 1.807) is 0 Å². The van der Waals surface area contributed by atoms with E-state index in [2.05, 4.69) is 4.74 Å². The summed E-state index contributed by atoms with van der Waals surface area (Å²) in [6.07, 6.45) is -17.3. The van der Waals surface area contributed by atoms with Crippen LogP contribution in [0.2, 0.25) is 0 Å². The van der Waals surface area contributed by atoms with Crippen molar-refractivity contribution in [3.8, 4) is 0 Å². The lowest BCUT2D eigenvalue weighted by Gasteiger charge is -2.41. The topological polar surface area (TPSA) is 66.8 Å². The van der Waals surface area contributed by atoms with Crippen LogP contribution in [-0.2, 0) is 28.1 Å². The Hall–Kier alpha value is -3.45. The molecule has 5 nitrogen and oxygen atoms in total. The lowest BCUT2D eigenvalue weighted by Crippen LogP contribution is -2.45. The van der Waals surface area contributed by atoms with Crippen LogP contribution in [0.25, 0.3) is 0 Å². The third-order valence-corrected chi connectivity index (χ3v) is 6.41. The lowest BCUT2D eigenvalue weighted by atomic mass is 9.73. The molecule has 0 saturated carbocycles. The van der Waals surface area contributed by atoms with Gasteiger partial charge < -0.3 is 9.84 Å². The van der Waals surface area contributed by atoms with Crippen molar-refractivity contribution < 1.29 is 58.9 Å². The minimum absolute atomic E-state index is 0.0769. The van der Waals surface area contributed by atoms with Gasteiger partial charge >= 0.3 is 30.6 Å². The fourth-order valence-electron chi connectivity index (χ4n) is 4.71. The van der Waals surface area contributed by atoms with Gasteiger partial charge in [0, 0.05) is 12.0 Å². The number of amides is 1. The van der Waals surface area contributed by atoms with Gasteiger partial charge in [-0.1, -0.05) is 6.92 Å². The zero-order valence-electron chi connectivity index (χ0n) is 19.6. The standard InChI is InChI=1S/C24H20F9NO4/c1-3-15-10-17(16-9-12(22(25,26)27)4-5-18(16)34(15)21(36)37)19(20(35)38-2)11-6-13(23(28,29)30)8-14(7-11)24(31,32)33/h4-9,15,17,19H,3,10H2,1-2H3,(H,36,37)/t15-,17-,19+/m1/s1. The van der Waals surface area contributed by atoms with Gasteiger partial charge in [0.1, 0.15) is 0 Å². The van der Waals surface area contributed by atoms with Crippen molar-refractivity contribution in [2.45, 2.75) is 56.2 Å². The summed E-state index contributed by atoms with van der Waals surface area (Å²) in [5.41, 5.74) is -6.14. The Labute approximate surface area is 209 Å². The molecule has 0 bridgehead atoms. The first-order valence-electron chi connectivity index (χ1n) is 11.0. The van der Waals surface area contributed by atoms with Crippen LogP contribution in [0.15, 0.2) is 36.4 Å². The highest BCUT2D eigenvalue weighted by molar-refractivity contribution is 5.90. The molecular formula is C24H20F9NO4. The van der Waals surface area contributed by atoms with E-state index in [0.717, 1.165) is 18.1 Å². The highest BCUT2D eigenvalue weighted by Crippen LogP contribution is 2.50. The van der Waals surface area contributed by atoms with Gasteiger partial charge in [0.25, 0.3) is 0 Å². The first-order valence-corrected chi connectivity index (χ1v) is 11.0. The minimum Gasteiger partial charge on any atom is -0.469 e. The third kappa shape index (κ3) is 5.68. The molecular weight excluding hydrogens is 537 g/mol. The minimum atomic E-state index is -5.25. The van der Waals surface area contributed by atoms with Crippen molar-refractivity contribution in [1.29, 1.82) is 0 Å². The first-order chi connectivity index (χ1) is 17.4. The van der Waals surface area contributed by atoms with E-state index in [-0.39, 0.29) is 30.2 Å². The fraction of sp³-hybridized carbons (Fsp3) is 0.417. The Kier molecular flexibility index (Phi) is 7.68. The van der Waals surface area contributed by atoms with E-state index in [1.807, 2.05) is 0 Å². The first kappa shape index (κ1) is 29.1. The molecule has 0 spiro atoms. The molecule has 1 N–H and O–H groups in total. The van der Waals surface area contributed by atoms with Crippen LogP contribution in [0.5, 0.6) is 0 Å². The average molecular weight is 557 g/mol. The van der Waals surface area contributed by atoms with Crippen LogP contribution in [0, 0.1) is 0 Å². The molecule has 0 radical (unpaired) electrons. The summed E-state index contributed by atoms with van der Waals surface area (Å²) in [7, 11) is 0.824. The number of nitrogens with zero attached hydrogens (tertiary/aromatic N) is 1. The molecule has 208 valence electrons. The Bertz CT molecular complexity index is 1190. The maximum Gasteiger partial charge on any atom is 0.416 e. The molecule has 2 aromatic carbocycles. The Balaban J connectivity index is 2.36. The molecule has 3 rings (SSSR count). The number of rotatable bonds is 4. The highest BCUT2D eigenvalue weighted by Gasteiger charge is 2.45. The number of hydrogen-bond donors (Lipinski definition) is 1. The smallest absolute Gasteiger partial charge is 0.416 e. The molecule has 0 aromatic heterocycles. The molecule has 1 heterocycles. The maximum absolute atomic E-state index is 13.5. The number of hydrogen-bond acceptors (Lipinski definition) is 3. The summed E-state index contributed by atoms with van der Waals surface area (Å²) in [6, 6.07) is 1.53. The normalized spacial score (nSPS) is 19.1. The van der Waals surface area contributed by atoms with Crippen LogP contribution >= 0.6 is 0 Å². The molecule has 1 aliphatic heterocycles. The van der Waals surface area contributed by atoms with Crippen molar-refractivity contribution in [3.05, 3.63) is 64.2 Å². The van der Waals surface area contributed by atoms with Crippen LogP contribution < -0.4 is 4.90 Å². The predicted molar refractivity (Wildman–Crippen MR) is 115 cm³/mol. The van der Waals surface area contributed by atoms with Gasteiger partial charge in [-0.25, -0.2) is 4.79 Å². The average Bonchev–Trinajstić information content (AvgIpc) is 2.81. The van der Waals surface area contributed by atoms with Crippen LogP contribution in [0.1, 0.15) is 59.4 Å². The van der Waals surface area contributed by atoms with Crippen molar-refractivity contribution in [2.24, 2.45) is 0 Å².